The average molecular weight is 267 g/mol. The number of H-pyrrole nitrogens is 1. The Bertz CT molecular complexity index is 515. The molecule has 104 valence electrons. The number of rotatable bonds is 3. The minimum Gasteiger partial charge on any atom is -0.480 e. The topological polar surface area (TPSA) is 116 Å². The van der Waals surface area contributed by atoms with Crippen LogP contribution in [0, 0.1) is 0 Å². The molecule has 0 aromatic carbocycles. The molecule has 4 N–H and O–H groups in total. The number of nitrogen functional groups attached to an aromatic ring is 1. The molecule has 8 nitrogen and oxygen atoms in total. The van der Waals surface area contributed by atoms with Gasteiger partial charge in [-0.25, -0.2) is 4.98 Å². The number of hydrogen-bond acceptors (Lipinski definition) is 6. The van der Waals surface area contributed by atoms with E-state index >= 15 is 0 Å². The number of aromatic nitrogens is 2. The molecule has 1 saturated heterocycles. The fraction of sp³-hybridized carbons (Fsp3) is 0.545. The van der Waals surface area contributed by atoms with Crippen molar-refractivity contribution in [2.75, 3.05) is 43.4 Å². The summed E-state index contributed by atoms with van der Waals surface area (Å²) < 4.78 is 0. The number of aromatic amines is 1. The van der Waals surface area contributed by atoms with Gasteiger partial charge in [0.25, 0.3) is 5.56 Å². The maximum absolute atomic E-state index is 11.4. The molecule has 1 aromatic heterocycles. The van der Waals surface area contributed by atoms with Crippen LogP contribution in [0.2, 0.25) is 0 Å². The van der Waals surface area contributed by atoms with Crippen molar-refractivity contribution in [3.05, 3.63) is 16.7 Å². The molecular weight excluding hydrogens is 250 g/mol. The van der Waals surface area contributed by atoms with E-state index in [1.165, 1.54) is 6.33 Å². The van der Waals surface area contributed by atoms with Crippen molar-refractivity contribution in [2.45, 2.75) is 6.42 Å². The summed E-state index contributed by atoms with van der Waals surface area (Å²) in [6.45, 7) is 2.67. The van der Waals surface area contributed by atoms with Gasteiger partial charge in [0.05, 0.1) is 12.9 Å². The van der Waals surface area contributed by atoms with Crippen LogP contribution < -0.4 is 16.2 Å². The Kier molecular flexibility index (Phi) is 4.00. The van der Waals surface area contributed by atoms with Gasteiger partial charge in [-0.3, -0.25) is 14.5 Å². The third kappa shape index (κ3) is 3.22. The number of nitrogens with zero attached hydrogens (tertiary/aromatic N) is 3. The van der Waals surface area contributed by atoms with Crippen molar-refractivity contribution in [1.29, 1.82) is 0 Å². The van der Waals surface area contributed by atoms with Crippen molar-refractivity contribution < 1.29 is 9.90 Å². The van der Waals surface area contributed by atoms with Crippen molar-refractivity contribution >= 4 is 17.5 Å². The van der Waals surface area contributed by atoms with E-state index in [0.29, 0.717) is 32.0 Å². The Hall–Kier alpha value is -2.09. The summed E-state index contributed by atoms with van der Waals surface area (Å²) in [5.74, 6) is -0.358. The van der Waals surface area contributed by atoms with Gasteiger partial charge in [-0.05, 0) is 6.42 Å². The second-order valence-electron chi connectivity index (χ2n) is 4.48. The van der Waals surface area contributed by atoms with Crippen LogP contribution in [0.15, 0.2) is 11.1 Å². The molecule has 19 heavy (non-hydrogen) atoms. The maximum Gasteiger partial charge on any atom is 0.317 e. The zero-order chi connectivity index (χ0) is 13.8. The van der Waals surface area contributed by atoms with Crippen LogP contribution in [0.5, 0.6) is 0 Å². The van der Waals surface area contributed by atoms with Crippen molar-refractivity contribution in [3.63, 3.8) is 0 Å². The molecule has 0 radical (unpaired) electrons. The summed E-state index contributed by atoms with van der Waals surface area (Å²) in [6.07, 6.45) is 2.13. The summed E-state index contributed by atoms with van der Waals surface area (Å²) in [6, 6.07) is 0. The Morgan fingerprint density at radius 3 is 2.95 bits per heavy atom. The molecule has 2 rings (SSSR count). The highest BCUT2D eigenvalue weighted by Crippen LogP contribution is 2.17. The quantitative estimate of drug-likeness (QED) is 0.640. The molecule has 0 bridgehead atoms. The van der Waals surface area contributed by atoms with Gasteiger partial charge in [0, 0.05) is 26.2 Å². The van der Waals surface area contributed by atoms with E-state index in [2.05, 4.69) is 9.97 Å². The Labute approximate surface area is 109 Å². The fourth-order valence-electron chi connectivity index (χ4n) is 2.18. The largest absolute Gasteiger partial charge is 0.480 e. The van der Waals surface area contributed by atoms with Crippen LogP contribution in [0.3, 0.4) is 0 Å². The number of nitrogens with one attached hydrogen (secondary N) is 1. The van der Waals surface area contributed by atoms with Crippen molar-refractivity contribution in [2.24, 2.45) is 0 Å². The summed E-state index contributed by atoms with van der Waals surface area (Å²) in [4.78, 5) is 32.5. The van der Waals surface area contributed by atoms with Crippen LogP contribution >= 0.6 is 0 Å². The number of carboxylic acid groups (broad SMARTS) is 1. The first-order valence-electron chi connectivity index (χ1n) is 6.10. The Morgan fingerprint density at radius 1 is 1.42 bits per heavy atom. The second kappa shape index (κ2) is 5.70. The van der Waals surface area contributed by atoms with Crippen LogP contribution in [-0.2, 0) is 4.79 Å². The molecule has 0 spiro atoms. The molecule has 1 aliphatic heterocycles. The Balaban J connectivity index is 2.09. The van der Waals surface area contributed by atoms with Gasteiger partial charge in [0.1, 0.15) is 5.69 Å². The highest BCUT2D eigenvalue weighted by atomic mass is 16.4. The highest BCUT2D eigenvalue weighted by Gasteiger charge is 2.19. The van der Waals surface area contributed by atoms with Crippen molar-refractivity contribution in [1.82, 2.24) is 14.9 Å². The van der Waals surface area contributed by atoms with Gasteiger partial charge in [-0.2, -0.15) is 0 Å². The van der Waals surface area contributed by atoms with Gasteiger partial charge in [0.2, 0.25) is 0 Å². The zero-order valence-corrected chi connectivity index (χ0v) is 10.5. The predicted molar refractivity (Wildman–Crippen MR) is 70.2 cm³/mol. The summed E-state index contributed by atoms with van der Waals surface area (Å²) >= 11 is 0. The minimum absolute atomic E-state index is 0.0339. The van der Waals surface area contributed by atoms with E-state index in [9.17, 15) is 9.59 Å². The number of carbonyl (C=O) groups is 1. The van der Waals surface area contributed by atoms with Crippen LogP contribution in [0.25, 0.3) is 0 Å². The molecule has 0 saturated carbocycles. The van der Waals surface area contributed by atoms with Crippen LogP contribution in [-0.4, -0.2) is 58.7 Å². The summed E-state index contributed by atoms with van der Waals surface area (Å²) in [5.41, 5.74) is 5.48. The summed E-state index contributed by atoms with van der Waals surface area (Å²) in [5, 5.41) is 8.79. The van der Waals surface area contributed by atoms with E-state index in [1.807, 2.05) is 9.80 Å². The molecule has 8 heteroatoms. The van der Waals surface area contributed by atoms with E-state index in [4.69, 9.17) is 10.8 Å². The van der Waals surface area contributed by atoms with Crippen LogP contribution in [0.4, 0.5) is 11.5 Å². The third-order valence-electron chi connectivity index (χ3n) is 3.11. The first-order chi connectivity index (χ1) is 9.08. The second-order valence-corrected chi connectivity index (χ2v) is 4.48. The minimum atomic E-state index is -0.831. The average Bonchev–Trinajstić information content (AvgIpc) is 2.58. The highest BCUT2D eigenvalue weighted by molar-refractivity contribution is 5.69. The van der Waals surface area contributed by atoms with E-state index < -0.39 is 5.97 Å². The molecule has 1 aliphatic rings. The normalized spacial score (nSPS) is 17.2. The lowest BCUT2D eigenvalue weighted by Gasteiger charge is -2.22. The van der Waals surface area contributed by atoms with E-state index in [-0.39, 0.29) is 17.8 Å². The van der Waals surface area contributed by atoms with E-state index in [0.717, 1.165) is 6.42 Å². The lowest BCUT2D eigenvalue weighted by Crippen LogP contribution is -2.35. The first kappa shape index (κ1) is 13.3. The number of aliphatic carboxylic acids is 1. The molecule has 1 aromatic rings. The lowest BCUT2D eigenvalue weighted by molar-refractivity contribution is -0.138. The number of anilines is 2. The third-order valence-corrected chi connectivity index (χ3v) is 3.11. The van der Waals surface area contributed by atoms with Gasteiger partial charge in [0.15, 0.2) is 5.82 Å². The van der Waals surface area contributed by atoms with Gasteiger partial charge in [-0.1, -0.05) is 0 Å². The van der Waals surface area contributed by atoms with Crippen LogP contribution in [0.1, 0.15) is 6.42 Å². The Morgan fingerprint density at radius 2 is 2.21 bits per heavy atom. The molecule has 0 aliphatic carbocycles. The summed E-state index contributed by atoms with van der Waals surface area (Å²) in [7, 11) is 0. The molecule has 0 amide bonds. The molecule has 0 atom stereocenters. The number of carboxylic acids is 1. The monoisotopic (exact) mass is 267 g/mol. The van der Waals surface area contributed by atoms with Gasteiger partial charge in [-0.15, -0.1) is 0 Å². The molecular formula is C11H17N5O3. The first-order valence-corrected chi connectivity index (χ1v) is 6.10. The molecule has 0 unspecified atom stereocenters. The molecule has 2 heterocycles. The lowest BCUT2D eigenvalue weighted by atomic mass is 10.3. The van der Waals surface area contributed by atoms with Gasteiger partial charge < -0.3 is 20.7 Å². The van der Waals surface area contributed by atoms with Gasteiger partial charge >= 0.3 is 5.97 Å². The number of hydrogen-bond donors (Lipinski definition) is 3. The zero-order valence-electron chi connectivity index (χ0n) is 10.5. The SMILES string of the molecule is Nc1c(N2CCCN(CC(=O)O)CC2)nc[nH]c1=O. The van der Waals surface area contributed by atoms with E-state index in [1.54, 1.807) is 0 Å². The fourth-order valence-corrected chi connectivity index (χ4v) is 2.18. The number of nitrogens with two attached hydrogens (primary N) is 1. The maximum atomic E-state index is 11.4. The smallest absolute Gasteiger partial charge is 0.317 e. The van der Waals surface area contributed by atoms with Crippen molar-refractivity contribution in [3.8, 4) is 0 Å². The molecule has 1 fully saturated rings. The standard InChI is InChI=1S/C11H17N5O3/c12-9-10(13-7-14-11(9)19)16-3-1-2-15(4-5-16)6-8(17)18/h7H,1-6,12H2,(H,17,18)(H,13,14,19). The predicted octanol–water partition coefficient (Wildman–Crippen LogP) is -1.05.